The Morgan fingerprint density at radius 1 is 1.05 bits per heavy atom. The molecule has 3 aromatic carbocycles. The molecule has 186 valence electrons. The van der Waals surface area contributed by atoms with Gasteiger partial charge in [0, 0.05) is 16.2 Å². The summed E-state index contributed by atoms with van der Waals surface area (Å²) in [4.78, 5) is 38.9. The number of carbonyl (C=O) groups is 2. The van der Waals surface area contributed by atoms with Crippen LogP contribution >= 0.6 is 11.3 Å². The van der Waals surface area contributed by atoms with Gasteiger partial charge in [0.1, 0.15) is 16.6 Å². The normalized spacial score (nSPS) is 11.0. The number of rotatable bonds is 7. The summed E-state index contributed by atoms with van der Waals surface area (Å²) in [6.45, 7) is 1.44. The molecule has 0 bridgehead atoms. The number of ether oxygens (including phenoxy) is 2. The van der Waals surface area contributed by atoms with Gasteiger partial charge >= 0.3 is 5.97 Å². The molecule has 0 aliphatic heterocycles. The lowest BCUT2D eigenvalue weighted by atomic mass is 10.1. The molecule has 5 aromatic rings. The van der Waals surface area contributed by atoms with E-state index in [0.717, 1.165) is 32.9 Å². The smallest absolute Gasteiger partial charge is 0.359 e. The van der Waals surface area contributed by atoms with Crippen molar-refractivity contribution in [2.45, 2.75) is 6.92 Å². The molecule has 0 spiro atoms. The van der Waals surface area contributed by atoms with Crippen LogP contribution in [0.15, 0.2) is 76.9 Å². The predicted molar refractivity (Wildman–Crippen MR) is 139 cm³/mol. The summed E-state index contributed by atoms with van der Waals surface area (Å²) in [5, 5.41) is 10.7. The molecule has 2 aromatic heterocycles. The van der Waals surface area contributed by atoms with Crippen LogP contribution in [0.5, 0.6) is 5.75 Å². The van der Waals surface area contributed by atoms with E-state index in [1.807, 2.05) is 36.4 Å². The molecule has 0 aliphatic rings. The molecule has 37 heavy (non-hydrogen) atoms. The molecule has 0 fully saturated rings. The van der Waals surface area contributed by atoms with E-state index in [-0.39, 0.29) is 40.4 Å². The molecule has 2 heterocycles. The zero-order chi connectivity index (χ0) is 25.9. The van der Waals surface area contributed by atoms with E-state index in [9.17, 15) is 18.8 Å². The number of hydrogen-bond donors (Lipinski definition) is 1. The molecule has 0 atom stereocenters. The van der Waals surface area contributed by atoms with Crippen LogP contribution in [0, 0.1) is 5.82 Å². The first-order chi connectivity index (χ1) is 18.0. The van der Waals surface area contributed by atoms with Crippen LogP contribution in [0.4, 0.5) is 9.39 Å². The number of nitrogens with one attached hydrogen (secondary N) is 1. The minimum atomic E-state index is -0.743. The number of thiophene rings is 1. The largest absolute Gasteiger partial charge is 0.483 e. The quantitative estimate of drug-likeness (QED) is 0.307. The Kier molecular flexibility index (Phi) is 6.65. The Bertz CT molecular complexity index is 1710. The van der Waals surface area contributed by atoms with Crippen LogP contribution in [0.25, 0.3) is 27.2 Å². The third kappa shape index (κ3) is 4.78. The molecular weight excluding hydrogens is 497 g/mol. The van der Waals surface area contributed by atoms with Crippen molar-refractivity contribution in [3.63, 3.8) is 0 Å². The van der Waals surface area contributed by atoms with Gasteiger partial charge in [-0.15, -0.1) is 11.3 Å². The standard InChI is InChI=1S/C27H20FN3O5S/c1-2-35-27(34)24-20-15-37-25(23(20)26(33)31(30-24)18-10-6-9-17(28)13-18)29-22(32)14-36-21-12-5-8-16-7-3-4-11-19(16)21/h3-13,15H,2,14H2,1H3,(H,29,32). The highest BCUT2D eigenvalue weighted by atomic mass is 32.1. The van der Waals surface area contributed by atoms with Gasteiger partial charge < -0.3 is 14.8 Å². The number of nitrogens with zero attached hydrogens (tertiary/aromatic N) is 2. The van der Waals surface area contributed by atoms with Gasteiger partial charge in [-0.25, -0.2) is 9.18 Å². The molecule has 0 saturated carbocycles. The van der Waals surface area contributed by atoms with Crippen molar-refractivity contribution in [3.05, 3.63) is 94.0 Å². The van der Waals surface area contributed by atoms with E-state index in [2.05, 4.69) is 10.4 Å². The van der Waals surface area contributed by atoms with Crippen molar-refractivity contribution in [2.75, 3.05) is 18.5 Å². The maximum Gasteiger partial charge on any atom is 0.359 e. The van der Waals surface area contributed by atoms with E-state index < -0.39 is 23.3 Å². The van der Waals surface area contributed by atoms with Gasteiger partial charge in [0.2, 0.25) is 0 Å². The molecule has 0 unspecified atom stereocenters. The molecule has 1 amide bonds. The number of esters is 1. The van der Waals surface area contributed by atoms with Gasteiger partial charge in [0.05, 0.1) is 17.7 Å². The number of anilines is 1. The fourth-order valence-corrected chi connectivity index (χ4v) is 4.86. The third-order valence-corrected chi connectivity index (χ3v) is 6.43. The van der Waals surface area contributed by atoms with Gasteiger partial charge in [-0.3, -0.25) is 9.59 Å². The maximum atomic E-state index is 13.9. The lowest BCUT2D eigenvalue weighted by molar-refractivity contribution is -0.118. The number of hydrogen-bond acceptors (Lipinski definition) is 7. The van der Waals surface area contributed by atoms with Gasteiger partial charge in [-0.1, -0.05) is 42.5 Å². The summed E-state index contributed by atoms with van der Waals surface area (Å²) < 4.78 is 25.7. The van der Waals surface area contributed by atoms with E-state index in [1.165, 1.54) is 18.2 Å². The summed E-state index contributed by atoms with van der Waals surface area (Å²) in [7, 11) is 0. The van der Waals surface area contributed by atoms with Crippen LogP contribution in [0.1, 0.15) is 17.4 Å². The minimum absolute atomic E-state index is 0.0609. The van der Waals surface area contributed by atoms with Crippen molar-refractivity contribution in [1.29, 1.82) is 0 Å². The van der Waals surface area contributed by atoms with E-state index in [0.29, 0.717) is 5.75 Å². The monoisotopic (exact) mass is 517 g/mol. The Labute approximate surface area is 213 Å². The van der Waals surface area contributed by atoms with Crippen LogP contribution in [-0.4, -0.2) is 34.9 Å². The zero-order valence-electron chi connectivity index (χ0n) is 19.6. The van der Waals surface area contributed by atoms with E-state index in [1.54, 1.807) is 18.4 Å². The molecular formula is C27H20FN3O5S. The first-order valence-corrected chi connectivity index (χ1v) is 12.2. The number of halogens is 1. The SMILES string of the molecule is CCOC(=O)c1nn(-c2cccc(F)c2)c(=O)c2c(NC(=O)COc3cccc4ccccc34)scc12. The van der Waals surface area contributed by atoms with Crippen molar-refractivity contribution < 1.29 is 23.5 Å². The Morgan fingerprint density at radius 3 is 2.65 bits per heavy atom. The first kappa shape index (κ1) is 24.1. The van der Waals surface area contributed by atoms with Crippen LogP contribution in [0.2, 0.25) is 0 Å². The molecule has 10 heteroatoms. The van der Waals surface area contributed by atoms with Crippen molar-refractivity contribution in [2.24, 2.45) is 0 Å². The number of benzene rings is 3. The average Bonchev–Trinajstić information content (AvgIpc) is 3.31. The zero-order valence-corrected chi connectivity index (χ0v) is 20.4. The van der Waals surface area contributed by atoms with Gasteiger partial charge in [-0.05, 0) is 36.6 Å². The highest BCUT2D eigenvalue weighted by molar-refractivity contribution is 7.16. The summed E-state index contributed by atoms with van der Waals surface area (Å²) in [6, 6.07) is 18.4. The Balaban J connectivity index is 1.49. The number of carbonyl (C=O) groups excluding carboxylic acids is 2. The van der Waals surface area contributed by atoms with E-state index >= 15 is 0 Å². The van der Waals surface area contributed by atoms with E-state index in [4.69, 9.17) is 9.47 Å². The number of amides is 1. The lowest BCUT2D eigenvalue weighted by Crippen LogP contribution is -2.26. The lowest BCUT2D eigenvalue weighted by Gasteiger charge is -2.11. The van der Waals surface area contributed by atoms with Gasteiger partial charge in [-0.2, -0.15) is 9.78 Å². The topological polar surface area (TPSA) is 99.5 Å². The molecule has 0 aliphatic carbocycles. The molecule has 0 saturated heterocycles. The van der Waals surface area contributed by atoms with Gasteiger partial charge in [0.15, 0.2) is 12.3 Å². The second kappa shape index (κ2) is 10.2. The highest BCUT2D eigenvalue weighted by Gasteiger charge is 2.23. The van der Waals surface area contributed by atoms with Crippen molar-refractivity contribution in [3.8, 4) is 11.4 Å². The molecule has 1 N–H and O–H groups in total. The summed E-state index contributed by atoms with van der Waals surface area (Å²) in [5.74, 6) is -1.27. The summed E-state index contributed by atoms with van der Waals surface area (Å²) >= 11 is 1.06. The van der Waals surface area contributed by atoms with Crippen LogP contribution < -0.4 is 15.6 Å². The van der Waals surface area contributed by atoms with Gasteiger partial charge in [0.25, 0.3) is 11.5 Å². The summed E-state index contributed by atoms with van der Waals surface area (Å²) in [6.07, 6.45) is 0. The fourth-order valence-electron chi connectivity index (χ4n) is 3.90. The molecule has 0 radical (unpaired) electrons. The Hall–Kier alpha value is -4.57. The van der Waals surface area contributed by atoms with Crippen LogP contribution in [-0.2, 0) is 9.53 Å². The Morgan fingerprint density at radius 2 is 1.84 bits per heavy atom. The minimum Gasteiger partial charge on any atom is -0.483 e. The number of aromatic nitrogens is 2. The first-order valence-electron chi connectivity index (χ1n) is 11.3. The predicted octanol–water partition coefficient (Wildman–Crippen LogP) is 4.93. The second-order valence-corrected chi connectivity index (χ2v) is 8.81. The fraction of sp³-hybridized carbons (Fsp3) is 0.111. The average molecular weight is 518 g/mol. The number of fused-ring (bicyclic) bond motifs is 2. The van der Waals surface area contributed by atoms with Crippen molar-refractivity contribution >= 4 is 49.8 Å². The van der Waals surface area contributed by atoms with Crippen molar-refractivity contribution in [1.82, 2.24) is 9.78 Å². The second-order valence-electron chi connectivity index (χ2n) is 7.93. The van der Waals surface area contributed by atoms with Crippen LogP contribution in [0.3, 0.4) is 0 Å². The molecule has 8 nitrogen and oxygen atoms in total. The maximum absolute atomic E-state index is 13.9. The highest BCUT2D eigenvalue weighted by Crippen LogP contribution is 2.31. The summed E-state index contributed by atoms with van der Waals surface area (Å²) in [5.41, 5.74) is -0.621. The molecule has 5 rings (SSSR count). The third-order valence-electron chi connectivity index (χ3n) is 5.54.